The minimum absolute atomic E-state index is 0.000892. The first kappa shape index (κ1) is 15.4. The van der Waals surface area contributed by atoms with Crippen molar-refractivity contribution in [3.05, 3.63) is 139 Å². The molecular weight excluding hydrogens is 589 g/mol. The molecule has 4 heteroatoms. The SMILES string of the molecule is [2H]c1c([2H])c([2H])c(-c2nc(-c3ccc4ccc5c6ccccc6ccc5c4c3)nc(-c3c([2H])c([2H])c([2H])c4c3[se]c3c([2H])c([2H])c([2H])c([2H])c34)n2)c([2H])c1[2H]. The quantitative estimate of drug-likeness (QED) is 0.145. The van der Waals surface area contributed by atoms with Crippen molar-refractivity contribution in [3.63, 3.8) is 0 Å². The zero-order chi connectivity index (χ0) is 38.8. The van der Waals surface area contributed by atoms with Gasteiger partial charge >= 0.3 is 253 Å². The van der Waals surface area contributed by atoms with E-state index in [9.17, 15) is 0 Å². The standard InChI is InChI=1S/C39H23N3Se/c1-2-10-26(11-3-1)37-40-38(42-39(41-37)33-15-8-14-32-31-13-6-7-16-35(31)43-36(32)33)27-18-17-25-20-21-29-28-12-5-4-9-24(28)19-22-30(29)34(25)23-27/h1-23H/i1D,2D,3D,6D,7D,8D,10D,11D,13D,14D,15D,16D. The van der Waals surface area contributed by atoms with Gasteiger partial charge in [-0.05, 0) is 0 Å². The van der Waals surface area contributed by atoms with Crippen LogP contribution in [0.1, 0.15) is 16.4 Å². The van der Waals surface area contributed by atoms with Crippen molar-refractivity contribution in [1.82, 2.24) is 15.0 Å². The van der Waals surface area contributed by atoms with E-state index in [1.807, 2.05) is 48.5 Å². The van der Waals surface area contributed by atoms with Crippen LogP contribution in [0, 0.1) is 0 Å². The Balaban J connectivity index is 1.40. The second kappa shape index (κ2) is 9.71. The average molecular weight is 625 g/mol. The van der Waals surface area contributed by atoms with Crippen LogP contribution < -0.4 is 0 Å². The Morgan fingerprint density at radius 1 is 0.465 bits per heavy atom. The molecule has 0 radical (unpaired) electrons. The Labute approximate surface area is 270 Å². The zero-order valence-corrected chi connectivity index (χ0v) is 23.8. The molecule has 200 valence electrons. The summed E-state index contributed by atoms with van der Waals surface area (Å²) in [6.45, 7) is 0. The summed E-state index contributed by atoms with van der Waals surface area (Å²) in [5.41, 5.74) is 0.192. The molecule has 0 fully saturated rings. The van der Waals surface area contributed by atoms with E-state index < -0.39 is 68.9 Å². The molecule has 0 aliphatic rings. The summed E-state index contributed by atoms with van der Waals surface area (Å²) < 4.78 is 104. The summed E-state index contributed by atoms with van der Waals surface area (Å²) in [7, 11) is 0. The summed E-state index contributed by atoms with van der Waals surface area (Å²) >= 11 is -0.885. The minimum atomic E-state index is -0.885. The Hall–Kier alpha value is -5.15. The molecular formula is C39H23N3Se. The molecule has 0 aliphatic carbocycles. The monoisotopic (exact) mass is 625 g/mol. The van der Waals surface area contributed by atoms with Gasteiger partial charge in [0.15, 0.2) is 0 Å². The number of fused-ring (bicyclic) bond motifs is 8. The van der Waals surface area contributed by atoms with Crippen molar-refractivity contribution in [2.75, 3.05) is 0 Å². The summed E-state index contributed by atoms with van der Waals surface area (Å²) in [5, 5.41) is 6.15. The van der Waals surface area contributed by atoms with Crippen molar-refractivity contribution < 1.29 is 16.4 Å². The number of aromatic nitrogens is 3. The summed E-state index contributed by atoms with van der Waals surface area (Å²) in [4.78, 5) is 14.1. The van der Waals surface area contributed by atoms with Crippen molar-refractivity contribution >= 4 is 66.1 Å². The fourth-order valence-electron chi connectivity index (χ4n) is 5.53. The Bertz CT molecular complexity index is 3170. The van der Waals surface area contributed by atoms with E-state index in [0.29, 0.717) is 9.82 Å². The molecule has 9 aromatic rings. The van der Waals surface area contributed by atoms with Crippen molar-refractivity contribution in [3.8, 4) is 34.2 Å². The molecule has 9 rings (SSSR count). The predicted molar refractivity (Wildman–Crippen MR) is 181 cm³/mol. The second-order valence-corrected chi connectivity index (χ2v) is 12.1. The molecule has 2 aromatic heterocycles. The molecule has 2 heterocycles. The van der Waals surface area contributed by atoms with Crippen LogP contribution in [0.2, 0.25) is 0 Å². The fourth-order valence-corrected chi connectivity index (χ4v) is 7.76. The average Bonchev–Trinajstić information content (AvgIpc) is 3.60. The third-order valence-electron chi connectivity index (χ3n) is 7.52. The van der Waals surface area contributed by atoms with E-state index in [2.05, 4.69) is 22.1 Å². The summed E-state index contributed by atoms with van der Waals surface area (Å²) in [5.74, 6) is -0.396. The molecule has 0 spiro atoms. The van der Waals surface area contributed by atoms with Crippen LogP contribution >= 0.6 is 0 Å². The first-order chi connectivity index (χ1) is 26.3. The van der Waals surface area contributed by atoms with Gasteiger partial charge in [-0.2, -0.15) is 0 Å². The topological polar surface area (TPSA) is 38.7 Å². The molecule has 0 unspecified atom stereocenters. The van der Waals surface area contributed by atoms with Crippen molar-refractivity contribution in [2.24, 2.45) is 0 Å². The third-order valence-corrected chi connectivity index (χ3v) is 9.88. The molecule has 0 saturated heterocycles. The van der Waals surface area contributed by atoms with Gasteiger partial charge in [-0.25, -0.2) is 0 Å². The molecule has 3 nitrogen and oxygen atoms in total. The van der Waals surface area contributed by atoms with Crippen molar-refractivity contribution in [1.29, 1.82) is 0 Å². The number of hydrogen-bond donors (Lipinski definition) is 0. The maximum absolute atomic E-state index is 9.11. The molecule has 43 heavy (non-hydrogen) atoms. The number of benzene rings is 7. The van der Waals surface area contributed by atoms with Gasteiger partial charge in [-0.1, -0.05) is 18.2 Å². The van der Waals surface area contributed by atoms with Crippen molar-refractivity contribution in [2.45, 2.75) is 0 Å². The van der Waals surface area contributed by atoms with Gasteiger partial charge < -0.3 is 0 Å². The number of nitrogens with zero attached hydrogens (tertiary/aromatic N) is 3. The molecule has 0 amide bonds. The van der Waals surface area contributed by atoms with Crippen LogP contribution in [-0.4, -0.2) is 29.5 Å². The number of rotatable bonds is 3. The van der Waals surface area contributed by atoms with Gasteiger partial charge in [0.1, 0.15) is 0 Å². The molecule has 0 aliphatic heterocycles. The van der Waals surface area contributed by atoms with Gasteiger partial charge in [-0.3, -0.25) is 0 Å². The summed E-state index contributed by atoms with van der Waals surface area (Å²) in [6.07, 6.45) is 0. The Morgan fingerprint density at radius 3 is 2.02 bits per heavy atom. The van der Waals surface area contributed by atoms with E-state index in [1.165, 1.54) is 0 Å². The van der Waals surface area contributed by atoms with Gasteiger partial charge in [0.2, 0.25) is 0 Å². The molecule has 0 atom stereocenters. The molecule has 0 bridgehead atoms. The van der Waals surface area contributed by atoms with E-state index in [1.54, 1.807) is 6.07 Å². The second-order valence-electron chi connectivity index (χ2n) is 9.95. The zero-order valence-electron chi connectivity index (χ0n) is 34.1. The van der Waals surface area contributed by atoms with Crippen LogP contribution in [0.3, 0.4) is 0 Å². The molecule has 0 saturated carbocycles. The van der Waals surface area contributed by atoms with E-state index in [4.69, 9.17) is 21.4 Å². The predicted octanol–water partition coefficient (Wildman–Crippen LogP) is 9.70. The fraction of sp³-hybridized carbons (Fsp3) is 0. The maximum atomic E-state index is 9.11. The first-order valence-electron chi connectivity index (χ1n) is 19.4. The van der Waals surface area contributed by atoms with Crippen LogP contribution in [0.4, 0.5) is 0 Å². The van der Waals surface area contributed by atoms with Gasteiger partial charge in [-0.15, -0.1) is 0 Å². The van der Waals surface area contributed by atoms with Crippen LogP contribution in [0.5, 0.6) is 0 Å². The summed E-state index contributed by atoms with van der Waals surface area (Å²) in [6, 6.07) is 16.1. The Morgan fingerprint density at radius 2 is 1.14 bits per heavy atom. The van der Waals surface area contributed by atoms with Crippen LogP contribution in [-0.2, 0) is 0 Å². The van der Waals surface area contributed by atoms with Crippen LogP contribution in [0.15, 0.2) is 139 Å². The van der Waals surface area contributed by atoms with Crippen LogP contribution in [0.25, 0.3) is 85.8 Å². The molecule has 7 aromatic carbocycles. The van der Waals surface area contributed by atoms with Gasteiger partial charge in [0, 0.05) is 0 Å². The molecule has 0 N–H and O–H groups in total. The number of hydrogen-bond acceptors (Lipinski definition) is 3. The van der Waals surface area contributed by atoms with E-state index in [-0.39, 0.29) is 61.8 Å². The third kappa shape index (κ3) is 3.99. The first-order valence-corrected chi connectivity index (χ1v) is 15.1. The van der Waals surface area contributed by atoms with E-state index >= 15 is 0 Å². The van der Waals surface area contributed by atoms with Gasteiger partial charge in [0.05, 0.1) is 0 Å². The van der Waals surface area contributed by atoms with Gasteiger partial charge in [0.25, 0.3) is 0 Å². The Kier molecular flexibility index (Phi) is 3.47. The van der Waals surface area contributed by atoms with E-state index in [0.717, 1.165) is 32.3 Å². The normalized spacial score (nSPS) is 15.6.